The van der Waals surface area contributed by atoms with Gasteiger partial charge < -0.3 is 9.47 Å². The monoisotopic (exact) mass is 500 g/mol. The molecule has 4 nitrogen and oxygen atoms in total. The molecular formula is C23H33IO4. The van der Waals surface area contributed by atoms with Crippen molar-refractivity contribution in [3.05, 3.63) is 9.66 Å². The number of carbonyl (C=O) groups is 2. The maximum Gasteiger partial charge on any atom is 0.324 e. The van der Waals surface area contributed by atoms with Gasteiger partial charge in [0.2, 0.25) is 0 Å². The molecule has 0 aromatic rings. The van der Waals surface area contributed by atoms with Crippen LogP contribution >= 0.6 is 22.6 Å². The highest BCUT2D eigenvalue weighted by Gasteiger charge is 2.47. The second kappa shape index (κ2) is 16.5. The summed E-state index contributed by atoms with van der Waals surface area (Å²) in [7, 11) is 2.57. The highest BCUT2D eigenvalue weighted by atomic mass is 127. The summed E-state index contributed by atoms with van der Waals surface area (Å²) in [5, 5.41) is 0. The third kappa shape index (κ3) is 10.2. The van der Waals surface area contributed by atoms with Crippen LogP contribution in [0.5, 0.6) is 0 Å². The molecule has 0 radical (unpaired) electrons. The van der Waals surface area contributed by atoms with Crippen molar-refractivity contribution in [3.63, 3.8) is 0 Å². The van der Waals surface area contributed by atoms with Crippen LogP contribution in [-0.2, 0) is 19.1 Å². The van der Waals surface area contributed by atoms with Gasteiger partial charge in [0.1, 0.15) is 0 Å². The van der Waals surface area contributed by atoms with Crippen LogP contribution in [0.3, 0.4) is 0 Å². The molecule has 0 N–H and O–H groups in total. The number of hydrogen-bond acceptors (Lipinski definition) is 4. The predicted molar refractivity (Wildman–Crippen MR) is 122 cm³/mol. The van der Waals surface area contributed by atoms with Crippen molar-refractivity contribution in [1.82, 2.24) is 0 Å². The molecule has 0 atom stereocenters. The van der Waals surface area contributed by atoms with Gasteiger partial charge in [-0.15, -0.1) is 23.7 Å². The van der Waals surface area contributed by atoms with Gasteiger partial charge in [0, 0.05) is 25.7 Å². The molecule has 0 heterocycles. The van der Waals surface area contributed by atoms with Crippen LogP contribution in [0.15, 0.2) is 9.66 Å². The van der Waals surface area contributed by atoms with E-state index in [2.05, 4.69) is 60.1 Å². The molecule has 0 fully saturated rings. The highest BCUT2D eigenvalue weighted by Crippen LogP contribution is 2.32. The third-order valence-electron chi connectivity index (χ3n) is 4.26. The molecule has 0 aromatic carbocycles. The zero-order chi connectivity index (χ0) is 21.3. The number of carbonyl (C=O) groups excluding carboxylic acids is 2. The van der Waals surface area contributed by atoms with Crippen molar-refractivity contribution < 1.29 is 19.1 Å². The zero-order valence-electron chi connectivity index (χ0n) is 17.7. The van der Waals surface area contributed by atoms with Crippen molar-refractivity contribution >= 4 is 34.5 Å². The van der Waals surface area contributed by atoms with E-state index in [-0.39, 0.29) is 12.8 Å². The number of allylic oxidation sites excluding steroid dienone is 2. The van der Waals surface area contributed by atoms with Gasteiger partial charge in [0.15, 0.2) is 5.41 Å². The van der Waals surface area contributed by atoms with E-state index in [1.165, 1.54) is 14.2 Å². The Bertz CT molecular complexity index is 612. The topological polar surface area (TPSA) is 52.6 Å². The molecule has 0 amide bonds. The van der Waals surface area contributed by atoms with Gasteiger partial charge in [-0.25, -0.2) is 0 Å². The van der Waals surface area contributed by atoms with Crippen LogP contribution in [0.25, 0.3) is 0 Å². The lowest BCUT2D eigenvalue weighted by Crippen LogP contribution is -2.40. The SMILES string of the molecule is CCCCC#CCC/C(I)=C/CC(CC#CCCCC)(C(=O)OC)C(=O)OC. The smallest absolute Gasteiger partial charge is 0.324 e. The Hall–Kier alpha value is -1.47. The minimum Gasteiger partial charge on any atom is -0.468 e. The first-order chi connectivity index (χ1) is 13.5. The summed E-state index contributed by atoms with van der Waals surface area (Å²) >= 11 is 2.23. The molecular weight excluding hydrogens is 467 g/mol. The van der Waals surface area contributed by atoms with Gasteiger partial charge in [-0.3, -0.25) is 9.59 Å². The summed E-state index contributed by atoms with van der Waals surface area (Å²) in [5.41, 5.74) is -1.42. The van der Waals surface area contributed by atoms with Crippen LogP contribution in [0.2, 0.25) is 0 Å². The zero-order valence-corrected chi connectivity index (χ0v) is 19.8. The van der Waals surface area contributed by atoms with Crippen LogP contribution in [0.1, 0.15) is 78.1 Å². The molecule has 0 unspecified atom stereocenters. The van der Waals surface area contributed by atoms with E-state index in [1.807, 2.05) is 6.08 Å². The molecule has 0 saturated carbocycles. The number of hydrogen-bond donors (Lipinski definition) is 0. The van der Waals surface area contributed by atoms with Crippen LogP contribution in [0, 0.1) is 29.1 Å². The van der Waals surface area contributed by atoms with Crippen molar-refractivity contribution in [3.8, 4) is 23.7 Å². The summed E-state index contributed by atoms with van der Waals surface area (Å²) in [6, 6.07) is 0. The van der Waals surface area contributed by atoms with Gasteiger partial charge in [-0.1, -0.05) is 32.8 Å². The Morgan fingerprint density at radius 2 is 1.39 bits per heavy atom. The predicted octanol–water partition coefficient (Wildman–Crippen LogP) is 5.59. The first-order valence-corrected chi connectivity index (χ1v) is 11.0. The number of esters is 2. The first kappa shape index (κ1) is 26.5. The van der Waals surface area contributed by atoms with E-state index in [4.69, 9.17) is 9.47 Å². The molecule has 0 rings (SSSR count). The van der Waals surface area contributed by atoms with Crippen molar-refractivity contribution in [2.24, 2.45) is 5.41 Å². The number of methoxy groups -OCH3 is 2. The van der Waals surface area contributed by atoms with Gasteiger partial charge >= 0.3 is 11.9 Å². The van der Waals surface area contributed by atoms with E-state index < -0.39 is 17.4 Å². The summed E-state index contributed by atoms with van der Waals surface area (Å²) in [6.07, 6.45) is 9.75. The second-order valence-corrected chi connectivity index (χ2v) is 7.90. The Labute approximate surface area is 184 Å². The van der Waals surface area contributed by atoms with Crippen molar-refractivity contribution in [2.75, 3.05) is 14.2 Å². The average molecular weight is 500 g/mol. The average Bonchev–Trinajstić information content (AvgIpc) is 2.71. The minimum absolute atomic E-state index is 0.0906. The quantitative estimate of drug-likeness (QED) is 0.122. The van der Waals surface area contributed by atoms with E-state index in [1.54, 1.807) is 0 Å². The molecule has 156 valence electrons. The molecule has 0 saturated heterocycles. The van der Waals surface area contributed by atoms with Gasteiger partial charge in [0.05, 0.1) is 14.2 Å². The van der Waals surface area contributed by atoms with Crippen LogP contribution < -0.4 is 0 Å². The Kier molecular flexibility index (Phi) is 15.6. The van der Waals surface area contributed by atoms with Crippen molar-refractivity contribution in [1.29, 1.82) is 0 Å². The molecule has 0 bridgehead atoms. The Balaban J connectivity index is 5.21. The first-order valence-electron chi connectivity index (χ1n) is 9.91. The molecule has 0 aliphatic rings. The summed E-state index contributed by atoms with van der Waals surface area (Å²) in [6.45, 7) is 4.24. The molecule has 5 heteroatoms. The lowest BCUT2D eigenvalue weighted by Gasteiger charge is -2.25. The minimum atomic E-state index is -1.42. The number of ether oxygens (including phenoxy) is 2. The molecule has 0 aliphatic heterocycles. The molecule has 0 aromatic heterocycles. The second-order valence-electron chi connectivity index (χ2n) is 6.51. The van der Waals surface area contributed by atoms with Gasteiger partial charge in [-0.2, -0.15) is 0 Å². The Morgan fingerprint density at radius 3 is 1.89 bits per heavy atom. The molecule has 28 heavy (non-hydrogen) atoms. The number of rotatable bonds is 11. The summed E-state index contributed by atoms with van der Waals surface area (Å²) in [5.74, 6) is 11.1. The standard InChI is InChI=1S/C23H33IO4/c1-5-7-9-11-12-14-16-20(24)17-19-23(21(25)27-3,22(26)28-4)18-15-13-10-8-6-2/h17H,5-10,14,16,18-19H2,1-4H3/b20-17-. The van der Waals surface area contributed by atoms with Crippen LogP contribution in [-0.4, -0.2) is 26.2 Å². The van der Waals surface area contributed by atoms with Gasteiger partial charge in [0.25, 0.3) is 0 Å². The molecule has 0 aliphatic carbocycles. The maximum atomic E-state index is 12.5. The van der Waals surface area contributed by atoms with E-state index >= 15 is 0 Å². The number of unbranched alkanes of at least 4 members (excludes halogenated alkanes) is 4. The largest absolute Gasteiger partial charge is 0.468 e. The van der Waals surface area contributed by atoms with Crippen LogP contribution in [0.4, 0.5) is 0 Å². The number of halogens is 1. The maximum absolute atomic E-state index is 12.5. The summed E-state index contributed by atoms with van der Waals surface area (Å²) in [4.78, 5) is 25.0. The van der Waals surface area contributed by atoms with Gasteiger partial charge in [-0.05, 0) is 51.9 Å². The fraction of sp³-hybridized carbons (Fsp3) is 0.652. The lowest BCUT2D eigenvalue weighted by atomic mass is 9.81. The summed E-state index contributed by atoms with van der Waals surface area (Å²) < 4.78 is 10.9. The molecule has 0 spiro atoms. The fourth-order valence-electron chi connectivity index (χ4n) is 2.44. The lowest BCUT2D eigenvalue weighted by molar-refractivity contribution is -0.168. The normalized spacial score (nSPS) is 11.0. The van der Waals surface area contributed by atoms with E-state index in [0.717, 1.165) is 54.9 Å². The van der Waals surface area contributed by atoms with E-state index in [0.29, 0.717) is 0 Å². The van der Waals surface area contributed by atoms with E-state index in [9.17, 15) is 9.59 Å². The highest BCUT2D eigenvalue weighted by molar-refractivity contribution is 14.1. The van der Waals surface area contributed by atoms with Crippen molar-refractivity contribution in [2.45, 2.75) is 78.1 Å². The third-order valence-corrected chi connectivity index (χ3v) is 5.24. The fourth-order valence-corrected chi connectivity index (χ4v) is 2.92. The Morgan fingerprint density at radius 1 is 0.893 bits per heavy atom.